The van der Waals surface area contributed by atoms with Crippen LogP contribution in [-0.2, 0) is 11.8 Å². The highest BCUT2D eigenvalue weighted by molar-refractivity contribution is 6.31. The van der Waals surface area contributed by atoms with Crippen LogP contribution in [0.2, 0.25) is 5.02 Å². The van der Waals surface area contributed by atoms with Gasteiger partial charge in [0.2, 0.25) is 5.95 Å². The number of rotatable bonds is 3. The Labute approximate surface area is 169 Å². The quantitative estimate of drug-likeness (QED) is 0.608. The minimum atomic E-state index is -1.02. The third-order valence-electron chi connectivity index (χ3n) is 4.69. The van der Waals surface area contributed by atoms with Gasteiger partial charge in [0.05, 0.1) is 24.5 Å². The molecule has 1 aliphatic rings. The Balaban J connectivity index is 1.69. The summed E-state index contributed by atoms with van der Waals surface area (Å²) in [6.07, 6.45) is 2.34. The predicted molar refractivity (Wildman–Crippen MR) is 103 cm³/mol. The van der Waals surface area contributed by atoms with Gasteiger partial charge >= 0.3 is 0 Å². The molecule has 1 atom stereocenters. The van der Waals surface area contributed by atoms with E-state index in [1.807, 2.05) is 4.90 Å². The Bertz CT molecular complexity index is 1110. The van der Waals surface area contributed by atoms with Crippen molar-refractivity contribution in [2.75, 3.05) is 24.6 Å². The molecule has 0 radical (unpaired) electrons. The molecule has 0 aliphatic carbocycles. The van der Waals surface area contributed by atoms with Crippen molar-refractivity contribution in [3.8, 4) is 11.4 Å². The van der Waals surface area contributed by atoms with Crippen molar-refractivity contribution < 1.29 is 13.5 Å². The zero-order valence-electron chi connectivity index (χ0n) is 15.3. The molecule has 2 aromatic heterocycles. The van der Waals surface area contributed by atoms with Gasteiger partial charge in [-0.15, -0.1) is 0 Å². The summed E-state index contributed by atoms with van der Waals surface area (Å²) in [6, 6.07) is 5.03. The molecule has 150 valence electrons. The average molecular weight is 420 g/mol. The molecule has 1 saturated heterocycles. The second kappa shape index (κ2) is 7.84. The van der Waals surface area contributed by atoms with Crippen molar-refractivity contribution in [2.45, 2.75) is 6.10 Å². The van der Waals surface area contributed by atoms with Gasteiger partial charge in [0.25, 0.3) is 5.56 Å². The van der Waals surface area contributed by atoms with Gasteiger partial charge in [0.15, 0.2) is 11.6 Å². The highest BCUT2D eigenvalue weighted by Gasteiger charge is 2.27. The lowest BCUT2D eigenvalue weighted by molar-refractivity contribution is 0.0388. The summed E-state index contributed by atoms with van der Waals surface area (Å²) in [5.41, 5.74) is 1.02. The largest absolute Gasteiger partial charge is 0.370 e. The fraction of sp³-hybridized carbons (Fsp3) is 0.263. The van der Waals surface area contributed by atoms with E-state index in [2.05, 4.69) is 15.0 Å². The van der Waals surface area contributed by atoms with Crippen LogP contribution in [0.5, 0.6) is 0 Å². The monoisotopic (exact) mass is 419 g/mol. The number of aromatic nitrogens is 4. The topological polar surface area (TPSA) is 73.1 Å². The molecule has 1 fully saturated rings. The van der Waals surface area contributed by atoms with E-state index in [4.69, 9.17) is 16.3 Å². The molecular weight excluding hydrogens is 404 g/mol. The summed E-state index contributed by atoms with van der Waals surface area (Å²) in [4.78, 5) is 26.9. The van der Waals surface area contributed by atoms with Crippen molar-refractivity contribution in [2.24, 2.45) is 7.05 Å². The fourth-order valence-electron chi connectivity index (χ4n) is 3.19. The SMILES string of the molecule is Cn1c(N2CCOC(c3cc(F)c(F)cc3Cl)C2)nc(-c2ccncn2)cc1=O. The summed E-state index contributed by atoms with van der Waals surface area (Å²) in [5, 5.41) is 0.0762. The average Bonchev–Trinajstić information content (AvgIpc) is 2.73. The van der Waals surface area contributed by atoms with E-state index in [1.165, 1.54) is 17.0 Å². The van der Waals surface area contributed by atoms with Gasteiger partial charge in [-0.2, -0.15) is 0 Å². The van der Waals surface area contributed by atoms with Crippen LogP contribution in [0.3, 0.4) is 0 Å². The van der Waals surface area contributed by atoms with Crippen molar-refractivity contribution in [1.29, 1.82) is 0 Å². The number of morpholine rings is 1. The molecule has 3 heterocycles. The van der Waals surface area contributed by atoms with Gasteiger partial charge in [0.1, 0.15) is 12.4 Å². The second-order valence-corrected chi connectivity index (χ2v) is 6.93. The van der Waals surface area contributed by atoms with Crippen LogP contribution >= 0.6 is 11.6 Å². The van der Waals surface area contributed by atoms with Crippen molar-refractivity contribution in [1.82, 2.24) is 19.5 Å². The molecule has 1 unspecified atom stereocenters. The van der Waals surface area contributed by atoms with Crippen molar-refractivity contribution in [3.63, 3.8) is 0 Å². The van der Waals surface area contributed by atoms with Crippen LogP contribution in [0.4, 0.5) is 14.7 Å². The standard InChI is InChI=1S/C19H16ClF2N5O2/c1-26-18(28)8-16(15-2-3-23-10-24-15)25-19(26)27-4-5-29-17(9-27)11-6-13(21)14(22)7-12(11)20/h2-3,6-8,10,17H,4-5,9H2,1H3. The minimum absolute atomic E-state index is 0.0762. The van der Waals surface area contributed by atoms with E-state index in [-0.39, 0.29) is 17.1 Å². The Morgan fingerprint density at radius 3 is 2.76 bits per heavy atom. The second-order valence-electron chi connectivity index (χ2n) is 6.53. The maximum atomic E-state index is 13.7. The predicted octanol–water partition coefficient (Wildman–Crippen LogP) is 2.75. The van der Waals surface area contributed by atoms with Crippen molar-refractivity contribution in [3.05, 3.63) is 69.4 Å². The van der Waals surface area contributed by atoms with Gasteiger partial charge in [-0.3, -0.25) is 9.36 Å². The van der Waals surface area contributed by atoms with E-state index in [0.717, 1.165) is 12.1 Å². The Kier molecular flexibility index (Phi) is 5.25. The number of hydrogen-bond acceptors (Lipinski definition) is 6. The maximum Gasteiger partial charge on any atom is 0.255 e. The van der Waals surface area contributed by atoms with E-state index in [0.29, 0.717) is 36.1 Å². The summed E-state index contributed by atoms with van der Waals surface area (Å²) in [6.45, 7) is 1.02. The highest BCUT2D eigenvalue weighted by Crippen LogP contribution is 2.31. The number of nitrogens with zero attached hydrogens (tertiary/aromatic N) is 5. The van der Waals surface area contributed by atoms with Crippen LogP contribution in [0, 0.1) is 11.6 Å². The molecule has 4 rings (SSSR count). The third kappa shape index (κ3) is 3.83. The molecule has 0 N–H and O–H groups in total. The van der Waals surface area contributed by atoms with Gasteiger partial charge in [0, 0.05) is 36.4 Å². The molecule has 3 aromatic rings. The first-order valence-corrected chi connectivity index (χ1v) is 9.17. The summed E-state index contributed by atoms with van der Waals surface area (Å²) in [7, 11) is 1.61. The van der Waals surface area contributed by atoms with Crippen LogP contribution in [0.15, 0.2) is 41.6 Å². The molecule has 0 spiro atoms. The first-order valence-electron chi connectivity index (χ1n) is 8.79. The number of benzene rings is 1. The number of ether oxygens (including phenoxy) is 1. The van der Waals surface area contributed by atoms with Gasteiger partial charge < -0.3 is 9.64 Å². The van der Waals surface area contributed by atoms with Crippen LogP contribution in [0.25, 0.3) is 11.4 Å². The molecular formula is C19H16ClF2N5O2. The lowest BCUT2D eigenvalue weighted by Gasteiger charge is -2.34. The molecule has 7 nitrogen and oxygen atoms in total. The van der Waals surface area contributed by atoms with Crippen LogP contribution < -0.4 is 10.5 Å². The van der Waals surface area contributed by atoms with Gasteiger partial charge in [-0.25, -0.2) is 23.7 Å². The lowest BCUT2D eigenvalue weighted by atomic mass is 10.1. The van der Waals surface area contributed by atoms with E-state index >= 15 is 0 Å². The smallest absolute Gasteiger partial charge is 0.255 e. The Morgan fingerprint density at radius 1 is 1.21 bits per heavy atom. The van der Waals surface area contributed by atoms with Crippen LogP contribution in [-0.4, -0.2) is 39.2 Å². The first-order chi connectivity index (χ1) is 13.9. The van der Waals surface area contributed by atoms with Crippen molar-refractivity contribution >= 4 is 17.5 Å². The lowest BCUT2D eigenvalue weighted by Crippen LogP contribution is -2.41. The molecule has 0 amide bonds. The van der Waals surface area contributed by atoms with Crippen LogP contribution in [0.1, 0.15) is 11.7 Å². The summed E-state index contributed by atoms with van der Waals surface area (Å²) in [5.74, 6) is -1.60. The first kappa shape index (κ1) is 19.4. The Morgan fingerprint density at radius 2 is 2.00 bits per heavy atom. The molecule has 29 heavy (non-hydrogen) atoms. The van der Waals surface area contributed by atoms with E-state index < -0.39 is 17.7 Å². The van der Waals surface area contributed by atoms with E-state index in [9.17, 15) is 13.6 Å². The summed E-state index contributed by atoms with van der Waals surface area (Å²) >= 11 is 6.10. The minimum Gasteiger partial charge on any atom is -0.370 e. The fourth-order valence-corrected chi connectivity index (χ4v) is 3.46. The molecule has 1 aromatic carbocycles. The zero-order valence-corrected chi connectivity index (χ0v) is 16.1. The van der Waals surface area contributed by atoms with Gasteiger partial charge in [-0.1, -0.05) is 11.6 Å². The molecule has 0 bridgehead atoms. The third-order valence-corrected chi connectivity index (χ3v) is 5.02. The number of halogens is 3. The molecule has 0 saturated carbocycles. The zero-order chi connectivity index (χ0) is 20.5. The van der Waals surface area contributed by atoms with E-state index in [1.54, 1.807) is 19.3 Å². The molecule has 10 heteroatoms. The maximum absolute atomic E-state index is 13.7. The number of hydrogen-bond donors (Lipinski definition) is 0. The Hall–Kier alpha value is -2.91. The molecule has 1 aliphatic heterocycles. The van der Waals surface area contributed by atoms with Gasteiger partial charge in [-0.05, 0) is 18.2 Å². The summed E-state index contributed by atoms with van der Waals surface area (Å²) < 4.78 is 34.3. The normalized spacial score (nSPS) is 16.8. The number of anilines is 1. The highest BCUT2D eigenvalue weighted by atomic mass is 35.5.